The zero-order valence-electron chi connectivity index (χ0n) is 11.7. The minimum absolute atomic E-state index is 0.0533. The third kappa shape index (κ3) is 4.93. The van der Waals surface area contributed by atoms with E-state index in [1.165, 1.54) is 0 Å². The lowest BCUT2D eigenvalue weighted by Crippen LogP contribution is -2.45. The number of nitrogens with zero attached hydrogens (tertiary/aromatic N) is 1. The largest absolute Gasteiger partial charge is 0.481 e. The van der Waals surface area contributed by atoms with Crippen molar-refractivity contribution in [1.82, 2.24) is 10.2 Å². The summed E-state index contributed by atoms with van der Waals surface area (Å²) in [7, 11) is 0. The number of hydrogen-bond acceptors (Lipinski definition) is 2. The van der Waals surface area contributed by atoms with Crippen LogP contribution >= 0.6 is 11.6 Å². The summed E-state index contributed by atoms with van der Waals surface area (Å²) in [4.78, 5) is 24.6. The maximum atomic E-state index is 12.1. The molecule has 0 radical (unpaired) electrons. The van der Waals surface area contributed by atoms with E-state index in [0.717, 1.165) is 18.4 Å². The molecule has 6 heteroatoms. The number of likely N-dealkylation sites (tertiary alicyclic amines) is 1. The first kappa shape index (κ1) is 15.6. The number of nitrogens with one attached hydrogen (secondary N) is 1. The van der Waals surface area contributed by atoms with Gasteiger partial charge in [0.05, 0.1) is 0 Å². The van der Waals surface area contributed by atoms with Crippen molar-refractivity contribution < 1.29 is 14.7 Å². The molecule has 2 amide bonds. The van der Waals surface area contributed by atoms with Gasteiger partial charge in [0.1, 0.15) is 0 Å². The van der Waals surface area contributed by atoms with Crippen LogP contribution in [0.15, 0.2) is 24.3 Å². The molecule has 114 valence electrons. The molecule has 0 spiro atoms. The van der Waals surface area contributed by atoms with Crippen molar-refractivity contribution in [2.45, 2.75) is 25.8 Å². The Hall–Kier alpha value is -1.75. The summed E-state index contributed by atoms with van der Waals surface area (Å²) in [5.41, 5.74) is 0.979. The molecule has 5 nitrogen and oxygen atoms in total. The Morgan fingerprint density at radius 3 is 2.71 bits per heavy atom. The highest BCUT2D eigenvalue weighted by atomic mass is 35.5. The van der Waals surface area contributed by atoms with Crippen LogP contribution in [0.2, 0.25) is 5.02 Å². The fraction of sp³-hybridized carbons (Fsp3) is 0.467. The highest BCUT2D eigenvalue weighted by Crippen LogP contribution is 2.19. The first-order chi connectivity index (χ1) is 10.0. The van der Waals surface area contributed by atoms with Gasteiger partial charge in [-0.15, -0.1) is 0 Å². The van der Waals surface area contributed by atoms with Crippen LogP contribution in [0.3, 0.4) is 0 Å². The average Bonchev–Trinajstić information content (AvgIpc) is 2.46. The third-order valence-corrected chi connectivity index (χ3v) is 3.88. The lowest BCUT2D eigenvalue weighted by Gasteiger charge is -2.32. The summed E-state index contributed by atoms with van der Waals surface area (Å²) in [6.45, 7) is 1.64. The van der Waals surface area contributed by atoms with E-state index in [1.54, 1.807) is 17.0 Å². The Kier molecular flexibility index (Phi) is 5.44. The van der Waals surface area contributed by atoms with E-state index in [-0.39, 0.29) is 18.4 Å². The van der Waals surface area contributed by atoms with Gasteiger partial charge in [0.25, 0.3) is 0 Å². The van der Waals surface area contributed by atoms with Crippen molar-refractivity contribution in [2.24, 2.45) is 5.92 Å². The van der Waals surface area contributed by atoms with Gasteiger partial charge in [0, 0.05) is 31.1 Å². The van der Waals surface area contributed by atoms with Crippen LogP contribution in [0.4, 0.5) is 4.79 Å². The van der Waals surface area contributed by atoms with Crippen molar-refractivity contribution in [3.8, 4) is 0 Å². The van der Waals surface area contributed by atoms with Crippen molar-refractivity contribution in [1.29, 1.82) is 0 Å². The summed E-state index contributed by atoms with van der Waals surface area (Å²) < 4.78 is 0. The van der Waals surface area contributed by atoms with Crippen LogP contribution in [0.25, 0.3) is 0 Å². The number of carbonyl (C=O) groups excluding carboxylic acids is 1. The molecule has 2 N–H and O–H groups in total. The molecule has 0 aliphatic carbocycles. The summed E-state index contributed by atoms with van der Waals surface area (Å²) in [5, 5.41) is 12.4. The predicted molar refractivity (Wildman–Crippen MR) is 80.2 cm³/mol. The van der Waals surface area contributed by atoms with Crippen molar-refractivity contribution in [3.63, 3.8) is 0 Å². The molecular formula is C15H19ClN2O3. The first-order valence-electron chi connectivity index (χ1n) is 7.03. The van der Waals surface area contributed by atoms with Crippen LogP contribution in [-0.2, 0) is 11.3 Å². The fourth-order valence-corrected chi connectivity index (χ4v) is 2.68. The molecule has 1 aliphatic rings. The number of urea groups is 1. The summed E-state index contributed by atoms with van der Waals surface area (Å²) in [5.74, 6) is -0.749. The molecular weight excluding hydrogens is 292 g/mol. The highest BCUT2D eigenvalue weighted by Gasteiger charge is 2.24. The second-order valence-electron chi connectivity index (χ2n) is 5.34. The van der Waals surface area contributed by atoms with Gasteiger partial charge < -0.3 is 15.3 Å². The number of rotatable bonds is 4. The standard InChI is InChI=1S/C15H19ClN2O3/c16-13-5-3-11(4-6-13)9-17-15(21)18-7-1-2-12(10-18)8-14(19)20/h3-6,12H,1-2,7-10H2,(H,17,21)(H,19,20). The quantitative estimate of drug-likeness (QED) is 0.898. The molecule has 0 aromatic heterocycles. The zero-order chi connectivity index (χ0) is 15.2. The van der Waals surface area contributed by atoms with Gasteiger partial charge in [0.2, 0.25) is 0 Å². The number of carboxylic acid groups (broad SMARTS) is 1. The fourth-order valence-electron chi connectivity index (χ4n) is 2.55. The molecule has 2 rings (SSSR count). The second kappa shape index (κ2) is 7.31. The predicted octanol–water partition coefficient (Wildman–Crippen LogP) is 2.74. The topological polar surface area (TPSA) is 69.6 Å². The maximum absolute atomic E-state index is 12.1. The van der Waals surface area contributed by atoms with Gasteiger partial charge in [-0.1, -0.05) is 23.7 Å². The lowest BCUT2D eigenvalue weighted by molar-refractivity contribution is -0.138. The van der Waals surface area contributed by atoms with Gasteiger partial charge in [-0.25, -0.2) is 4.79 Å². The van der Waals surface area contributed by atoms with Crippen molar-refractivity contribution in [2.75, 3.05) is 13.1 Å². The molecule has 1 atom stereocenters. The Morgan fingerprint density at radius 2 is 2.05 bits per heavy atom. The minimum atomic E-state index is -0.802. The van der Waals surface area contributed by atoms with Gasteiger partial charge >= 0.3 is 12.0 Å². The molecule has 1 aromatic carbocycles. The van der Waals surface area contributed by atoms with E-state index in [4.69, 9.17) is 16.7 Å². The first-order valence-corrected chi connectivity index (χ1v) is 7.41. The molecule has 1 unspecified atom stereocenters. The highest BCUT2D eigenvalue weighted by molar-refractivity contribution is 6.30. The molecule has 1 aliphatic heterocycles. The Bertz CT molecular complexity index is 504. The molecule has 1 heterocycles. The molecule has 1 aromatic rings. The van der Waals surface area contributed by atoms with E-state index in [1.807, 2.05) is 12.1 Å². The Balaban J connectivity index is 1.82. The van der Waals surface area contributed by atoms with Gasteiger partial charge in [-0.3, -0.25) is 4.79 Å². The SMILES string of the molecule is O=C(O)CC1CCCN(C(=O)NCc2ccc(Cl)cc2)C1. The normalized spacial score (nSPS) is 18.3. The van der Waals surface area contributed by atoms with E-state index < -0.39 is 5.97 Å². The number of carboxylic acids is 1. The van der Waals surface area contributed by atoms with Crippen LogP contribution in [0.1, 0.15) is 24.8 Å². The number of hydrogen-bond donors (Lipinski definition) is 2. The summed E-state index contributed by atoms with van der Waals surface area (Å²) >= 11 is 5.81. The van der Waals surface area contributed by atoms with Crippen molar-refractivity contribution >= 4 is 23.6 Å². The number of aliphatic carboxylic acids is 1. The van der Waals surface area contributed by atoms with Gasteiger partial charge in [-0.05, 0) is 36.5 Å². The number of carbonyl (C=O) groups is 2. The van der Waals surface area contributed by atoms with Crippen LogP contribution < -0.4 is 5.32 Å². The van der Waals surface area contributed by atoms with Crippen LogP contribution in [0, 0.1) is 5.92 Å². The number of piperidine rings is 1. The third-order valence-electron chi connectivity index (χ3n) is 3.63. The minimum Gasteiger partial charge on any atom is -0.481 e. The molecule has 0 bridgehead atoms. The van der Waals surface area contributed by atoms with E-state index in [9.17, 15) is 9.59 Å². The smallest absolute Gasteiger partial charge is 0.317 e. The van der Waals surface area contributed by atoms with Crippen molar-refractivity contribution in [3.05, 3.63) is 34.9 Å². The monoisotopic (exact) mass is 310 g/mol. The van der Waals surface area contributed by atoms with Gasteiger partial charge in [-0.2, -0.15) is 0 Å². The number of benzene rings is 1. The second-order valence-corrected chi connectivity index (χ2v) is 5.77. The summed E-state index contributed by atoms with van der Waals surface area (Å²) in [6.07, 6.45) is 1.85. The van der Waals surface area contributed by atoms with Crippen LogP contribution in [0.5, 0.6) is 0 Å². The lowest BCUT2D eigenvalue weighted by atomic mass is 9.95. The van der Waals surface area contributed by atoms with E-state index in [0.29, 0.717) is 24.7 Å². The molecule has 0 saturated carbocycles. The van der Waals surface area contributed by atoms with Gasteiger partial charge in [0.15, 0.2) is 0 Å². The molecule has 1 fully saturated rings. The number of amides is 2. The van der Waals surface area contributed by atoms with Crippen LogP contribution in [-0.4, -0.2) is 35.1 Å². The molecule has 21 heavy (non-hydrogen) atoms. The van der Waals surface area contributed by atoms with E-state index in [2.05, 4.69) is 5.32 Å². The zero-order valence-corrected chi connectivity index (χ0v) is 12.5. The molecule has 1 saturated heterocycles. The summed E-state index contributed by atoms with van der Waals surface area (Å²) in [6, 6.07) is 7.16. The average molecular weight is 311 g/mol. The Morgan fingerprint density at radius 1 is 1.33 bits per heavy atom. The number of halogens is 1. The Labute approximate surface area is 128 Å². The van der Waals surface area contributed by atoms with E-state index >= 15 is 0 Å². The maximum Gasteiger partial charge on any atom is 0.317 e.